The van der Waals surface area contributed by atoms with Gasteiger partial charge >= 0.3 is 0 Å². The summed E-state index contributed by atoms with van der Waals surface area (Å²) in [5.74, 6) is 0.311. The lowest BCUT2D eigenvalue weighted by atomic mass is 10.2. The van der Waals surface area contributed by atoms with E-state index in [4.69, 9.17) is 0 Å². The summed E-state index contributed by atoms with van der Waals surface area (Å²) >= 11 is 0. The van der Waals surface area contributed by atoms with E-state index >= 15 is 0 Å². The van der Waals surface area contributed by atoms with Crippen LogP contribution in [0.25, 0.3) is 22.7 Å². The van der Waals surface area contributed by atoms with E-state index in [0.29, 0.717) is 17.1 Å². The Morgan fingerprint density at radius 3 is 2.67 bits per heavy atom. The third kappa shape index (κ3) is 1.26. The molecule has 5 nitrogen and oxygen atoms in total. The van der Waals surface area contributed by atoms with Crippen molar-refractivity contribution >= 4 is 11.3 Å². The summed E-state index contributed by atoms with van der Waals surface area (Å²) in [4.78, 5) is 7.04. The molecule has 1 aromatic carbocycles. The van der Waals surface area contributed by atoms with Gasteiger partial charge < -0.3 is 4.98 Å². The van der Waals surface area contributed by atoms with E-state index in [2.05, 4.69) is 24.9 Å². The Bertz CT molecular complexity index is 569. The van der Waals surface area contributed by atoms with Crippen LogP contribution in [0.4, 0.5) is 4.39 Å². The number of imidazole rings is 1. The molecule has 0 radical (unpaired) electrons. The molecule has 0 aliphatic carbocycles. The van der Waals surface area contributed by atoms with Crippen LogP contribution in [0.15, 0.2) is 28.9 Å². The van der Waals surface area contributed by atoms with Crippen LogP contribution in [0.1, 0.15) is 0 Å². The Hall–Kier alpha value is -2.24. The quantitative estimate of drug-likeness (QED) is 0.655. The van der Waals surface area contributed by atoms with Crippen LogP contribution in [-0.4, -0.2) is 20.3 Å². The van der Waals surface area contributed by atoms with Gasteiger partial charge in [-0.25, -0.2) is 14.0 Å². The van der Waals surface area contributed by atoms with Crippen LogP contribution >= 0.6 is 0 Å². The third-order valence-electron chi connectivity index (χ3n) is 2.04. The second-order valence-electron chi connectivity index (χ2n) is 3.03. The Labute approximate surface area is 82.9 Å². The summed E-state index contributed by atoms with van der Waals surface area (Å²) in [6.45, 7) is 0. The molecule has 0 aliphatic heterocycles. The molecule has 1 N–H and O–H groups in total. The van der Waals surface area contributed by atoms with Crippen molar-refractivity contribution in [1.82, 2.24) is 20.3 Å². The SMILES string of the molecule is Fc1ccc(-c2nc3nonc3[nH]2)cc1. The maximum Gasteiger partial charge on any atom is 0.243 e. The molecule has 0 unspecified atom stereocenters. The fourth-order valence-corrected chi connectivity index (χ4v) is 1.33. The average Bonchev–Trinajstić information content (AvgIpc) is 2.78. The number of rotatable bonds is 1. The zero-order chi connectivity index (χ0) is 10.3. The van der Waals surface area contributed by atoms with Crippen molar-refractivity contribution in [3.8, 4) is 11.4 Å². The summed E-state index contributed by atoms with van der Waals surface area (Å²) in [6.07, 6.45) is 0. The minimum atomic E-state index is -0.282. The second kappa shape index (κ2) is 2.88. The maximum absolute atomic E-state index is 12.7. The maximum atomic E-state index is 12.7. The van der Waals surface area contributed by atoms with E-state index in [9.17, 15) is 4.39 Å². The Morgan fingerprint density at radius 1 is 1.13 bits per heavy atom. The summed E-state index contributed by atoms with van der Waals surface area (Å²) in [5.41, 5.74) is 1.67. The molecule has 0 atom stereocenters. The fourth-order valence-electron chi connectivity index (χ4n) is 1.33. The monoisotopic (exact) mass is 204 g/mol. The average molecular weight is 204 g/mol. The van der Waals surface area contributed by atoms with Gasteiger partial charge in [-0.1, -0.05) is 0 Å². The lowest BCUT2D eigenvalue weighted by molar-refractivity contribution is 0.313. The Kier molecular flexibility index (Phi) is 1.55. The molecule has 0 saturated carbocycles. The largest absolute Gasteiger partial charge is 0.318 e. The number of H-pyrrole nitrogens is 1. The molecule has 0 saturated heterocycles. The molecule has 0 fully saturated rings. The van der Waals surface area contributed by atoms with Crippen LogP contribution < -0.4 is 0 Å². The highest BCUT2D eigenvalue weighted by Crippen LogP contribution is 2.18. The van der Waals surface area contributed by atoms with Crippen LogP contribution in [0.5, 0.6) is 0 Å². The zero-order valence-electron chi connectivity index (χ0n) is 7.44. The highest BCUT2D eigenvalue weighted by atomic mass is 19.1. The number of hydrogen-bond acceptors (Lipinski definition) is 4. The molecule has 0 bridgehead atoms. The van der Waals surface area contributed by atoms with Gasteiger partial charge in [0, 0.05) is 5.56 Å². The van der Waals surface area contributed by atoms with Gasteiger partial charge in [0.15, 0.2) is 0 Å². The van der Waals surface area contributed by atoms with Crippen molar-refractivity contribution in [1.29, 1.82) is 0 Å². The number of fused-ring (bicyclic) bond motifs is 1. The normalized spacial score (nSPS) is 11.0. The molecule has 15 heavy (non-hydrogen) atoms. The van der Waals surface area contributed by atoms with E-state index in [1.807, 2.05) is 0 Å². The predicted molar refractivity (Wildman–Crippen MR) is 49.3 cm³/mol. The standard InChI is InChI=1S/C9H5FN4O/c10-6-3-1-5(2-4-6)7-11-8-9(12-7)14-15-13-8/h1-4H,(H,11,12,13,14). The Balaban J connectivity index is 2.13. The Morgan fingerprint density at radius 2 is 1.93 bits per heavy atom. The number of nitrogens with zero attached hydrogens (tertiary/aromatic N) is 3. The van der Waals surface area contributed by atoms with Gasteiger partial charge in [0.2, 0.25) is 11.3 Å². The van der Waals surface area contributed by atoms with Crippen LogP contribution in [-0.2, 0) is 0 Å². The summed E-state index contributed by atoms with van der Waals surface area (Å²) in [6, 6.07) is 6.00. The van der Waals surface area contributed by atoms with Gasteiger partial charge in [-0.2, -0.15) is 0 Å². The number of hydrogen-bond donors (Lipinski definition) is 1. The van der Waals surface area contributed by atoms with E-state index < -0.39 is 0 Å². The smallest absolute Gasteiger partial charge is 0.243 e. The number of aromatic amines is 1. The molecule has 0 aliphatic rings. The first-order valence-electron chi connectivity index (χ1n) is 4.27. The van der Waals surface area contributed by atoms with Gasteiger partial charge in [-0.15, -0.1) is 0 Å². The molecular weight excluding hydrogens is 199 g/mol. The summed E-state index contributed by atoms with van der Waals surface area (Å²) in [5, 5.41) is 7.18. The first-order chi connectivity index (χ1) is 7.33. The predicted octanol–water partition coefficient (Wildman–Crippen LogP) is 1.75. The van der Waals surface area contributed by atoms with Crippen molar-refractivity contribution in [2.45, 2.75) is 0 Å². The minimum Gasteiger partial charge on any atom is -0.318 e. The number of aromatic nitrogens is 4. The molecule has 2 heterocycles. The van der Waals surface area contributed by atoms with Crippen LogP contribution in [0.3, 0.4) is 0 Å². The van der Waals surface area contributed by atoms with Crippen LogP contribution in [0.2, 0.25) is 0 Å². The van der Waals surface area contributed by atoms with Gasteiger partial charge in [-0.05, 0) is 34.6 Å². The summed E-state index contributed by atoms with van der Waals surface area (Å²) < 4.78 is 17.1. The molecular formula is C9H5FN4O. The van der Waals surface area contributed by atoms with E-state index in [1.165, 1.54) is 12.1 Å². The molecule has 3 rings (SSSR count). The van der Waals surface area contributed by atoms with Crippen LogP contribution in [0, 0.1) is 5.82 Å². The van der Waals surface area contributed by atoms with E-state index in [1.54, 1.807) is 12.1 Å². The molecule has 3 aromatic rings. The van der Waals surface area contributed by atoms with E-state index in [-0.39, 0.29) is 5.82 Å². The number of nitrogens with one attached hydrogen (secondary N) is 1. The van der Waals surface area contributed by atoms with E-state index in [0.717, 1.165) is 5.56 Å². The summed E-state index contributed by atoms with van der Waals surface area (Å²) in [7, 11) is 0. The van der Waals surface area contributed by atoms with Gasteiger partial charge in [-0.3, -0.25) is 0 Å². The van der Waals surface area contributed by atoms with Gasteiger partial charge in [0.05, 0.1) is 0 Å². The minimum absolute atomic E-state index is 0.282. The fraction of sp³-hybridized carbons (Fsp3) is 0. The first-order valence-corrected chi connectivity index (χ1v) is 4.27. The number of benzene rings is 1. The molecule has 0 amide bonds. The van der Waals surface area contributed by atoms with Gasteiger partial charge in [0.1, 0.15) is 11.6 Å². The van der Waals surface area contributed by atoms with Crippen molar-refractivity contribution in [3.63, 3.8) is 0 Å². The second-order valence-corrected chi connectivity index (χ2v) is 3.03. The number of halogens is 1. The molecule has 6 heteroatoms. The molecule has 2 aromatic heterocycles. The zero-order valence-corrected chi connectivity index (χ0v) is 7.44. The lowest BCUT2D eigenvalue weighted by Gasteiger charge is -1.94. The molecule has 0 spiro atoms. The van der Waals surface area contributed by atoms with Crippen molar-refractivity contribution < 1.29 is 9.02 Å². The topological polar surface area (TPSA) is 67.6 Å². The van der Waals surface area contributed by atoms with Crippen molar-refractivity contribution in [2.24, 2.45) is 0 Å². The third-order valence-corrected chi connectivity index (χ3v) is 2.04. The highest BCUT2D eigenvalue weighted by molar-refractivity contribution is 5.71. The highest BCUT2D eigenvalue weighted by Gasteiger charge is 2.08. The van der Waals surface area contributed by atoms with Crippen molar-refractivity contribution in [2.75, 3.05) is 0 Å². The van der Waals surface area contributed by atoms with Gasteiger partial charge in [0.25, 0.3) is 0 Å². The lowest BCUT2D eigenvalue weighted by Crippen LogP contribution is -1.81. The molecule has 74 valence electrons. The first kappa shape index (κ1) is 8.10. The van der Waals surface area contributed by atoms with Crippen molar-refractivity contribution in [3.05, 3.63) is 30.1 Å².